The zero-order valence-electron chi connectivity index (χ0n) is 10.4. The molecule has 5 nitrogen and oxygen atoms in total. The number of aromatic nitrogens is 2. The number of carbonyl (C=O) groups excluding carboxylic acids is 1. The maximum atomic E-state index is 12.1. The predicted octanol–water partition coefficient (Wildman–Crippen LogP) is 3.09. The van der Waals surface area contributed by atoms with Crippen LogP contribution in [0.15, 0.2) is 24.4 Å². The molecule has 0 saturated heterocycles. The van der Waals surface area contributed by atoms with Crippen molar-refractivity contribution in [3.05, 3.63) is 35.2 Å². The summed E-state index contributed by atoms with van der Waals surface area (Å²) in [5.74, 6) is 0.561. The number of pyridine rings is 2. The number of halogens is 1. The van der Waals surface area contributed by atoms with E-state index in [9.17, 15) is 4.79 Å². The average Bonchev–Trinajstić information content (AvgIpc) is 2.46. The summed E-state index contributed by atoms with van der Waals surface area (Å²) >= 11 is 6.23. The zero-order valence-corrected chi connectivity index (χ0v) is 11.2. The number of carbonyl (C=O) groups is 1. The molecule has 1 aliphatic heterocycles. The van der Waals surface area contributed by atoms with Crippen molar-refractivity contribution in [3.8, 4) is 11.1 Å². The molecule has 0 fully saturated rings. The first-order chi connectivity index (χ1) is 9.08. The van der Waals surface area contributed by atoms with E-state index < -0.39 is 0 Å². The van der Waals surface area contributed by atoms with Crippen LogP contribution in [0, 0.1) is 6.92 Å². The Hall–Kier alpha value is -2.14. The van der Waals surface area contributed by atoms with E-state index in [0.29, 0.717) is 22.2 Å². The second kappa shape index (κ2) is 4.20. The van der Waals surface area contributed by atoms with Gasteiger partial charge in [0.1, 0.15) is 11.0 Å². The van der Waals surface area contributed by atoms with Crippen LogP contribution >= 0.6 is 11.6 Å². The highest BCUT2D eigenvalue weighted by Crippen LogP contribution is 2.40. The molecule has 19 heavy (non-hydrogen) atoms. The zero-order chi connectivity index (χ0) is 13.6. The van der Waals surface area contributed by atoms with Crippen molar-refractivity contribution in [2.24, 2.45) is 0 Å². The molecule has 2 aromatic rings. The highest BCUT2D eigenvalue weighted by atomic mass is 35.5. The summed E-state index contributed by atoms with van der Waals surface area (Å²) in [6.45, 7) is 1.83. The first kappa shape index (κ1) is 11.9. The predicted molar refractivity (Wildman–Crippen MR) is 74.6 cm³/mol. The second-order valence-electron chi connectivity index (χ2n) is 4.34. The Kier molecular flexibility index (Phi) is 2.64. The van der Waals surface area contributed by atoms with E-state index in [0.717, 1.165) is 11.3 Å². The number of fused-ring (bicyclic) bond motifs is 3. The largest absolute Gasteiger partial charge is 0.327 e. The minimum Gasteiger partial charge on any atom is -0.307 e. The van der Waals surface area contributed by atoms with Gasteiger partial charge in [0.15, 0.2) is 0 Å². The molecule has 0 spiro atoms. The Bertz CT molecular complexity index is 686. The number of rotatable bonds is 0. The highest BCUT2D eigenvalue weighted by molar-refractivity contribution is 6.33. The van der Waals surface area contributed by atoms with Gasteiger partial charge in [0.2, 0.25) is 0 Å². The van der Waals surface area contributed by atoms with Gasteiger partial charge in [0.25, 0.3) is 0 Å². The lowest BCUT2D eigenvalue weighted by Gasteiger charge is -2.14. The van der Waals surface area contributed by atoms with Crippen LogP contribution in [0.25, 0.3) is 11.1 Å². The monoisotopic (exact) mass is 274 g/mol. The molecule has 0 saturated carbocycles. The van der Waals surface area contributed by atoms with Gasteiger partial charge in [-0.15, -0.1) is 0 Å². The molecule has 2 amide bonds. The van der Waals surface area contributed by atoms with E-state index in [1.165, 1.54) is 4.90 Å². The summed E-state index contributed by atoms with van der Waals surface area (Å²) in [6, 6.07) is 5.23. The number of anilines is 2. The van der Waals surface area contributed by atoms with Gasteiger partial charge in [-0.05, 0) is 25.1 Å². The molecule has 3 rings (SSSR count). The Labute approximate surface area is 115 Å². The summed E-state index contributed by atoms with van der Waals surface area (Å²) in [5, 5.41) is 3.18. The van der Waals surface area contributed by atoms with Crippen LogP contribution in [0.1, 0.15) is 5.69 Å². The molecule has 0 atom stereocenters. The number of urea groups is 1. The Morgan fingerprint density at radius 3 is 3.00 bits per heavy atom. The van der Waals surface area contributed by atoms with Gasteiger partial charge in [0, 0.05) is 30.1 Å². The van der Waals surface area contributed by atoms with E-state index in [4.69, 9.17) is 11.6 Å². The van der Waals surface area contributed by atoms with Crippen LogP contribution in [-0.2, 0) is 0 Å². The van der Waals surface area contributed by atoms with Gasteiger partial charge in [-0.1, -0.05) is 11.6 Å². The molecule has 1 aliphatic rings. The van der Waals surface area contributed by atoms with Crippen LogP contribution < -0.4 is 10.2 Å². The summed E-state index contributed by atoms with van der Waals surface area (Å²) in [5.41, 5.74) is 2.89. The summed E-state index contributed by atoms with van der Waals surface area (Å²) in [7, 11) is 1.67. The molecule has 0 radical (unpaired) electrons. The lowest BCUT2D eigenvalue weighted by atomic mass is 10.1. The number of aryl methyl sites for hydroxylation is 1. The molecule has 1 N–H and O–H groups in total. The molecule has 0 aromatic carbocycles. The van der Waals surface area contributed by atoms with E-state index in [1.54, 1.807) is 19.3 Å². The second-order valence-corrected chi connectivity index (χ2v) is 4.70. The number of nitrogens with zero attached hydrogens (tertiary/aromatic N) is 3. The van der Waals surface area contributed by atoms with E-state index in [-0.39, 0.29) is 6.03 Å². The van der Waals surface area contributed by atoms with Gasteiger partial charge >= 0.3 is 6.03 Å². The van der Waals surface area contributed by atoms with E-state index >= 15 is 0 Å². The van der Waals surface area contributed by atoms with Gasteiger partial charge in [0.05, 0.1) is 5.69 Å². The summed E-state index contributed by atoms with van der Waals surface area (Å²) < 4.78 is 0. The fraction of sp³-hybridized carbons (Fsp3) is 0.154. The smallest absolute Gasteiger partial charge is 0.307 e. The first-order valence-corrected chi connectivity index (χ1v) is 6.13. The van der Waals surface area contributed by atoms with Crippen molar-refractivity contribution in [3.63, 3.8) is 0 Å². The van der Waals surface area contributed by atoms with Gasteiger partial charge in [-0.25, -0.2) is 14.8 Å². The number of nitrogens with one attached hydrogen (secondary N) is 1. The third-order valence-corrected chi connectivity index (χ3v) is 3.30. The summed E-state index contributed by atoms with van der Waals surface area (Å²) in [6.07, 6.45) is 1.64. The number of hydrogen-bond acceptors (Lipinski definition) is 3. The van der Waals surface area contributed by atoms with Crippen LogP contribution in [0.3, 0.4) is 0 Å². The highest BCUT2D eigenvalue weighted by Gasteiger charge is 2.26. The molecule has 0 unspecified atom stereocenters. The Morgan fingerprint density at radius 1 is 1.42 bits per heavy atom. The van der Waals surface area contributed by atoms with Gasteiger partial charge in [-0.3, -0.25) is 4.90 Å². The lowest BCUT2D eigenvalue weighted by Crippen LogP contribution is -2.30. The van der Waals surface area contributed by atoms with E-state index in [2.05, 4.69) is 15.3 Å². The molecule has 6 heteroatoms. The van der Waals surface area contributed by atoms with Crippen molar-refractivity contribution in [2.45, 2.75) is 6.92 Å². The Balaban J connectivity index is 2.38. The average molecular weight is 275 g/mol. The summed E-state index contributed by atoms with van der Waals surface area (Å²) in [4.78, 5) is 22.0. The molecule has 96 valence electrons. The topological polar surface area (TPSA) is 58.1 Å². The normalized spacial score (nSPS) is 13.4. The fourth-order valence-corrected chi connectivity index (χ4v) is 2.48. The molecular formula is C13H11ClN4O. The minimum absolute atomic E-state index is 0.250. The quantitative estimate of drug-likeness (QED) is 0.751. The number of hydrogen-bond donors (Lipinski definition) is 1. The molecule has 0 aliphatic carbocycles. The molecular weight excluding hydrogens is 264 g/mol. The fourth-order valence-electron chi connectivity index (χ4n) is 2.14. The molecule has 0 bridgehead atoms. The van der Waals surface area contributed by atoms with E-state index in [1.807, 2.05) is 19.1 Å². The van der Waals surface area contributed by atoms with Crippen LogP contribution in [0.5, 0.6) is 0 Å². The Morgan fingerprint density at radius 2 is 2.21 bits per heavy atom. The minimum atomic E-state index is -0.250. The maximum Gasteiger partial charge on any atom is 0.327 e. The third-order valence-electron chi connectivity index (χ3n) is 3.02. The standard InChI is InChI=1S/C13H11ClN4O/c1-7-6-9-10(11(14)16-7)8-4-3-5-15-12(8)18(2)13(19)17-9/h3-6H,1-2H3,(H,17,19). The van der Waals surface area contributed by atoms with Crippen molar-refractivity contribution in [2.75, 3.05) is 17.3 Å². The van der Waals surface area contributed by atoms with Gasteiger partial charge < -0.3 is 5.32 Å². The number of amides is 2. The molecule has 2 aromatic heterocycles. The maximum absolute atomic E-state index is 12.1. The van der Waals surface area contributed by atoms with Gasteiger partial charge in [-0.2, -0.15) is 0 Å². The van der Waals surface area contributed by atoms with Crippen molar-refractivity contribution in [1.29, 1.82) is 0 Å². The first-order valence-electron chi connectivity index (χ1n) is 5.75. The van der Waals surface area contributed by atoms with Crippen LogP contribution in [0.4, 0.5) is 16.3 Å². The van der Waals surface area contributed by atoms with Crippen LogP contribution in [-0.4, -0.2) is 23.0 Å². The van der Waals surface area contributed by atoms with Crippen molar-refractivity contribution >= 4 is 29.1 Å². The van der Waals surface area contributed by atoms with Crippen molar-refractivity contribution in [1.82, 2.24) is 9.97 Å². The lowest BCUT2D eigenvalue weighted by molar-refractivity contribution is 0.258. The SMILES string of the molecule is Cc1cc2c(c(Cl)n1)-c1cccnc1N(C)C(=O)N2. The third kappa shape index (κ3) is 1.82. The van der Waals surface area contributed by atoms with Crippen LogP contribution in [0.2, 0.25) is 5.15 Å². The van der Waals surface area contributed by atoms with Crippen molar-refractivity contribution < 1.29 is 4.79 Å². The molecule has 3 heterocycles.